The van der Waals surface area contributed by atoms with Gasteiger partial charge in [-0.2, -0.15) is 0 Å². The van der Waals surface area contributed by atoms with Gasteiger partial charge in [-0.1, -0.05) is 48.0 Å². The van der Waals surface area contributed by atoms with Gasteiger partial charge in [-0.15, -0.1) is 11.8 Å². The molecule has 5 nitrogen and oxygen atoms in total. The standard InChI is InChI=1S/C29H23ClFN3O2S2/c1-18(35)19-10-12-21(13-11-19)33-29(37)34-22-8-5-9-24(16-22)38-27(20-6-3-2-4-7-20)28(36)32-23-14-15-26(31)25(30)17-23/h2-17,27H,1H3,(H,32,36)(H2,33,34,37). The summed E-state index contributed by atoms with van der Waals surface area (Å²) in [6.07, 6.45) is 0. The third-order valence-electron chi connectivity index (χ3n) is 5.42. The lowest BCUT2D eigenvalue weighted by Gasteiger charge is -2.18. The zero-order valence-corrected chi connectivity index (χ0v) is 22.6. The van der Waals surface area contributed by atoms with E-state index in [1.807, 2.05) is 54.6 Å². The number of carbonyl (C=O) groups is 2. The highest BCUT2D eigenvalue weighted by Gasteiger charge is 2.22. The van der Waals surface area contributed by atoms with Gasteiger partial charge in [0.1, 0.15) is 11.1 Å². The molecule has 0 aromatic heterocycles. The lowest BCUT2D eigenvalue weighted by Crippen LogP contribution is -2.19. The molecule has 0 heterocycles. The van der Waals surface area contributed by atoms with Crippen molar-refractivity contribution in [2.75, 3.05) is 16.0 Å². The van der Waals surface area contributed by atoms with Crippen LogP contribution in [0.5, 0.6) is 0 Å². The van der Waals surface area contributed by atoms with Crippen LogP contribution < -0.4 is 16.0 Å². The van der Waals surface area contributed by atoms with Crippen molar-refractivity contribution in [2.45, 2.75) is 17.1 Å². The predicted octanol–water partition coefficient (Wildman–Crippen LogP) is 7.96. The molecule has 0 aliphatic heterocycles. The molecule has 0 fully saturated rings. The molecule has 4 aromatic carbocycles. The van der Waals surface area contributed by atoms with Crippen LogP contribution in [0.15, 0.2) is 102 Å². The summed E-state index contributed by atoms with van der Waals surface area (Å²) in [6.45, 7) is 1.52. The lowest BCUT2D eigenvalue weighted by molar-refractivity contribution is -0.115. The Morgan fingerprint density at radius 2 is 1.47 bits per heavy atom. The van der Waals surface area contributed by atoms with Gasteiger partial charge >= 0.3 is 0 Å². The minimum atomic E-state index is -0.583. The van der Waals surface area contributed by atoms with Crippen LogP contribution in [0.4, 0.5) is 21.5 Å². The Hall–Kier alpha value is -3.72. The van der Waals surface area contributed by atoms with Crippen LogP contribution in [0.3, 0.4) is 0 Å². The number of rotatable bonds is 8. The van der Waals surface area contributed by atoms with Gasteiger partial charge in [0.05, 0.1) is 5.02 Å². The average Bonchev–Trinajstić information content (AvgIpc) is 2.90. The Morgan fingerprint density at radius 3 is 2.16 bits per heavy atom. The molecule has 0 aliphatic carbocycles. The van der Waals surface area contributed by atoms with Gasteiger partial charge in [0, 0.05) is 27.5 Å². The Morgan fingerprint density at radius 1 is 0.816 bits per heavy atom. The Labute approximate surface area is 234 Å². The predicted molar refractivity (Wildman–Crippen MR) is 158 cm³/mol. The van der Waals surface area contributed by atoms with E-state index in [4.69, 9.17) is 23.8 Å². The topological polar surface area (TPSA) is 70.2 Å². The van der Waals surface area contributed by atoms with E-state index in [-0.39, 0.29) is 16.7 Å². The number of amides is 1. The van der Waals surface area contributed by atoms with E-state index in [2.05, 4.69) is 16.0 Å². The van der Waals surface area contributed by atoms with Crippen LogP contribution in [0.1, 0.15) is 28.1 Å². The van der Waals surface area contributed by atoms with E-state index in [1.165, 1.54) is 36.9 Å². The number of hydrogen-bond acceptors (Lipinski definition) is 4. The summed E-state index contributed by atoms with van der Waals surface area (Å²) in [5, 5.41) is 8.82. The second kappa shape index (κ2) is 12.7. The van der Waals surface area contributed by atoms with Gasteiger partial charge in [0.25, 0.3) is 0 Å². The van der Waals surface area contributed by atoms with E-state index in [9.17, 15) is 14.0 Å². The SMILES string of the molecule is CC(=O)c1ccc(NC(=S)Nc2cccc(SC(C(=O)Nc3ccc(F)c(Cl)c3)c3ccccc3)c2)cc1. The number of carbonyl (C=O) groups excluding carboxylic acids is 2. The second-order valence-electron chi connectivity index (χ2n) is 8.27. The highest BCUT2D eigenvalue weighted by molar-refractivity contribution is 8.00. The number of benzene rings is 4. The first-order valence-electron chi connectivity index (χ1n) is 11.5. The van der Waals surface area contributed by atoms with Crippen molar-refractivity contribution < 1.29 is 14.0 Å². The first-order chi connectivity index (χ1) is 18.3. The molecule has 0 radical (unpaired) electrons. The van der Waals surface area contributed by atoms with Crippen molar-refractivity contribution >= 4 is 69.4 Å². The van der Waals surface area contributed by atoms with Crippen LogP contribution >= 0.6 is 35.6 Å². The van der Waals surface area contributed by atoms with Gasteiger partial charge in [0.15, 0.2) is 10.9 Å². The molecule has 4 aromatic rings. The van der Waals surface area contributed by atoms with Gasteiger partial charge in [-0.25, -0.2) is 4.39 Å². The zero-order valence-electron chi connectivity index (χ0n) is 20.2. The maximum Gasteiger partial charge on any atom is 0.242 e. The largest absolute Gasteiger partial charge is 0.332 e. The molecule has 0 saturated carbocycles. The van der Waals surface area contributed by atoms with Gasteiger partial charge in [-0.05, 0) is 85.4 Å². The second-order valence-corrected chi connectivity index (χ2v) is 10.3. The first-order valence-corrected chi connectivity index (χ1v) is 13.2. The van der Waals surface area contributed by atoms with Crippen LogP contribution in [-0.2, 0) is 4.79 Å². The van der Waals surface area contributed by atoms with Crippen molar-refractivity contribution in [3.63, 3.8) is 0 Å². The van der Waals surface area contributed by atoms with Crippen molar-refractivity contribution in [1.82, 2.24) is 0 Å². The number of hydrogen-bond donors (Lipinski definition) is 3. The van der Waals surface area contributed by atoms with E-state index in [1.54, 1.807) is 24.3 Å². The van der Waals surface area contributed by atoms with Crippen molar-refractivity contribution in [3.8, 4) is 0 Å². The van der Waals surface area contributed by atoms with E-state index >= 15 is 0 Å². The fourth-order valence-corrected chi connectivity index (χ4v) is 5.05. The van der Waals surface area contributed by atoms with E-state index in [0.29, 0.717) is 16.4 Å². The zero-order chi connectivity index (χ0) is 27.1. The van der Waals surface area contributed by atoms with Crippen LogP contribution in [0.2, 0.25) is 5.02 Å². The van der Waals surface area contributed by atoms with Gasteiger partial charge < -0.3 is 16.0 Å². The third kappa shape index (κ3) is 7.41. The summed E-state index contributed by atoms with van der Waals surface area (Å²) < 4.78 is 13.6. The molecule has 4 rings (SSSR count). The first kappa shape index (κ1) is 27.3. The number of anilines is 3. The van der Waals surface area contributed by atoms with Crippen LogP contribution in [-0.4, -0.2) is 16.8 Å². The number of ketones is 1. The van der Waals surface area contributed by atoms with E-state index < -0.39 is 11.1 Å². The molecule has 38 heavy (non-hydrogen) atoms. The molecule has 1 amide bonds. The van der Waals surface area contributed by atoms with Crippen LogP contribution in [0, 0.1) is 5.82 Å². The smallest absolute Gasteiger partial charge is 0.242 e. The summed E-state index contributed by atoms with van der Waals surface area (Å²) in [5.74, 6) is -0.826. The highest BCUT2D eigenvalue weighted by atomic mass is 35.5. The normalized spacial score (nSPS) is 11.3. The van der Waals surface area contributed by atoms with Crippen LogP contribution in [0.25, 0.3) is 0 Å². The van der Waals surface area contributed by atoms with Crippen molar-refractivity contribution in [1.29, 1.82) is 0 Å². The number of halogens is 2. The molecule has 0 saturated heterocycles. The maximum absolute atomic E-state index is 13.6. The Kier molecular flexibility index (Phi) is 9.12. The van der Waals surface area contributed by atoms with Gasteiger partial charge in [0.2, 0.25) is 5.91 Å². The number of thioether (sulfide) groups is 1. The fraction of sp³-hybridized carbons (Fsp3) is 0.0690. The molecule has 1 atom stereocenters. The minimum Gasteiger partial charge on any atom is -0.332 e. The lowest BCUT2D eigenvalue weighted by atomic mass is 10.1. The average molecular weight is 564 g/mol. The molecule has 0 bridgehead atoms. The number of thiocarbonyl (C=S) groups is 1. The van der Waals surface area contributed by atoms with E-state index in [0.717, 1.165) is 21.8 Å². The van der Waals surface area contributed by atoms with Gasteiger partial charge in [-0.3, -0.25) is 9.59 Å². The highest BCUT2D eigenvalue weighted by Crippen LogP contribution is 2.37. The molecule has 9 heteroatoms. The molecule has 0 aliphatic rings. The maximum atomic E-state index is 13.6. The molecule has 3 N–H and O–H groups in total. The Bertz CT molecular complexity index is 1470. The molecule has 1 unspecified atom stereocenters. The Balaban J connectivity index is 1.47. The monoisotopic (exact) mass is 563 g/mol. The number of nitrogens with one attached hydrogen (secondary N) is 3. The summed E-state index contributed by atoms with van der Waals surface area (Å²) in [5.41, 5.74) is 3.34. The van der Waals surface area contributed by atoms with Crippen molar-refractivity contribution in [3.05, 3.63) is 119 Å². The van der Waals surface area contributed by atoms with Crippen molar-refractivity contribution in [2.24, 2.45) is 0 Å². The molecular weight excluding hydrogens is 541 g/mol. The third-order valence-corrected chi connectivity index (χ3v) is 7.16. The molecule has 192 valence electrons. The summed E-state index contributed by atoms with van der Waals surface area (Å²) >= 11 is 12.7. The number of Topliss-reactive ketones (excluding diaryl/α,β-unsaturated/α-hetero) is 1. The quantitative estimate of drug-likeness (QED) is 0.115. The molecule has 0 spiro atoms. The summed E-state index contributed by atoms with van der Waals surface area (Å²) in [7, 11) is 0. The summed E-state index contributed by atoms with van der Waals surface area (Å²) in [6, 6.07) is 28.0. The fourth-order valence-electron chi connectivity index (χ4n) is 3.55. The minimum absolute atomic E-state index is 0.00415. The summed E-state index contributed by atoms with van der Waals surface area (Å²) in [4.78, 5) is 25.6. The molecular formula is C29H23ClFN3O2S2.